The van der Waals surface area contributed by atoms with Crippen LogP contribution in [0.15, 0.2) is 109 Å². The maximum Gasteiger partial charge on any atom is 0.343 e. The van der Waals surface area contributed by atoms with E-state index in [4.69, 9.17) is 14.2 Å². The second-order valence-electron chi connectivity index (χ2n) is 11.6. The van der Waals surface area contributed by atoms with E-state index in [1.54, 1.807) is 54.6 Å². The number of fused-ring (bicyclic) bond motifs is 1. The van der Waals surface area contributed by atoms with Crippen LogP contribution in [0.1, 0.15) is 53.3 Å². The summed E-state index contributed by atoms with van der Waals surface area (Å²) in [4.78, 5) is 41.5. The average molecular weight is 616 g/mol. The minimum absolute atomic E-state index is 0.0834. The number of piperidine rings is 1. The zero-order valence-electron chi connectivity index (χ0n) is 25.9. The summed E-state index contributed by atoms with van der Waals surface area (Å²) in [5, 5.41) is 1.42. The molecule has 0 aromatic heterocycles. The summed E-state index contributed by atoms with van der Waals surface area (Å²) >= 11 is 0. The standard InChI is InChI=1S/C39H37NO6/c1-27(41)45-36-13-7-6-12-34(36)35-20-16-30-26-32(46-39(43)29-10-4-2-5-11-29)19-21-33(30)37(35)38(42)28-14-17-31(18-15-28)44-25-24-40-22-8-3-9-23-40/h2,4-7,10-17,19-21,26,31H,3,8-9,18,22-25H2,1H3. The van der Waals surface area contributed by atoms with Gasteiger partial charge >= 0.3 is 11.9 Å². The maximum absolute atomic E-state index is 14.4. The SMILES string of the molecule is CC(=O)Oc1ccccc1-c1ccc2cc(OC(=O)c3ccccc3)ccc2c1C(=O)C1=CCC(OCCN2CCCCC2)C=C1. The van der Waals surface area contributed by atoms with Crippen molar-refractivity contribution < 1.29 is 28.6 Å². The number of hydrogen-bond donors (Lipinski definition) is 0. The van der Waals surface area contributed by atoms with Crippen LogP contribution >= 0.6 is 0 Å². The van der Waals surface area contributed by atoms with Gasteiger partial charge < -0.3 is 19.1 Å². The Kier molecular flexibility index (Phi) is 9.82. The molecule has 7 nitrogen and oxygen atoms in total. The van der Waals surface area contributed by atoms with Crippen molar-refractivity contribution in [2.75, 3.05) is 26.2 Å². The summed E-state index contributed by atoms with van der Waals surface area (Å²) in [6.45, 7) is 5.19. The Morgan fingerprint density at radius 3 is 2.37 bits per heavy atom. The number of esters is 2. The molecule has 46 heavy (non-hydrogen) atoms. The predicted octanol–water partition coefficient (Wildman–Crippen LogP) is 7.59. The Morgan fingerprint density at radius 2 is 1.61 bits per heavy atom. The fourth-order valence-electron chi connectivity index (χ4n) is 6.07. The van der Waals surface area contributed by atoms with E-state index in [1.807, 2.05) is 48.6 Å². The second kappa shape index (κ2) is 14.5. The van der Waals surface area contributed by atoms with E-state index >= 15 is 0 Å². The third-order valence-corrected chi connectivity index (χ3v) is 8.38. The molecule has 1 fully saturated rings. The molecule has 6 rings (SSSR count). The van der Waals surface area contributed by atoms with Gasteiger partial charge in [-0.3, -0.25) is 9.59 Å². The van der Waals surface area contributed by atoms with Crippen molar-refractivity contribution in [1.82, 2.24) is 4.90 Å². The van der Waals surface area contributed by atoms with Gasteiger partial charge in [-0.15, -0.1) is 0 Å². The highest BCUT2D eigenvalue weighted by Crippen LogP contribution is 2.38. The number of rotatable bonds is 10. The van der Waals surface area contributed by atoms with Crippen LogP contribution in [-0.2, 0) is 9.53 Å². The molecule has 0 spiro atoms. The summed E-state index contributed by atoms with van der Waals surface area (Å²) in [5.74, 6) is -0.333. The largest absolute Gasteiger partial charge is 0.426 e. The lowest BCUT2D eigenvalue weighted by Crippen LogP contribution is -2.33. The molecule has 0 N–H and O–H groups in total. The van der Waals surface area contributed by atoms with E-state index < -0.39 is 11.9 Å². The van der Waals surface area contributed by atoms with E-state index in [-0.39, 0.29) is 11.9 Å². The fourth-order valence-corrected chi connectivity index (χ4v) is 6.07. The third-order valence-electron chi connectivity index (χ3n) is 8.38. The normalized spacial score (nSPS) is 16.5. The number of allylic oxidation sites excluding steroid dienone is 2. The Hall–Kier alpha value is -4.85. The molecule has 1 saturated heterocycles. The lowest BCUT2D eigenvalue weighted by atomic mass is 9.87. The van der Waals surface area contributed by atoms with Crippen molar-refractivity contribution in [3.05, 3.63) is 120 Å². The number of ether oxygens (including phenoxy) is 3. The number of carbonyl (C=O) groups is 3. The average Bonchev–Trinajstić information content (AvgIpc) is 3.08. The van der Waals surface area contributed by atoms with Gasteiger partial charge in [-0.2, -0.15) is 0 Å². The highest BCUT2D eigenvalue weighted by atomic mass is 16.5. The van der Waals surface area contributed by atoms with Gasteiger partial charge in [0.25, 0.3) is 0 Å². The molecule has 0 radical (unpaired) electrons. The number of ketones is 1. The van der Waals surface area contributed by atoms with Crippen LogP contribution in [0.4, 0.5) is 0 Å². The van der Waals surface area contributed by atoms with Crippen LogP contribution in [0.25, 0.3) is 21.9 Å². The van der Waals surface area contributed by atoms with Gasteiger partial charge in [0.15, 0.2) is 5.78 Å². The highest BCUT2D eigenvalue weighted by Gasteiger charge is 2.24. The molecule has 1 atom stereocenters. The first kappa shape index (κ1) is 31.1. The molecular weight excluding hydrogens is 578 g/mol. The molecule has 7 heteroatoms. The minimum Gasteiger partial charge on any atom is -0.426 e. The Morgan fingerprint density at radius 1 is 0.826 bits per heavy atom. The number of hydrogen-bond acceptors (Lipinski definition) is 7. The number of benzene rings is 4. The van der Waals surface area contributed by atoms with Crippen LogP contribution in [0.2, 0.25) is 0 Å². The molecule has 1 aliphatic carbocycles. The first-order chi connectivity index (χ1) is 22.5. The number of carbonyl (C=O) groups excluding carboxylic acids is 3. The van der Waals surface area contributed by atoms with Crippen molar-refractivity contribution in [1.29, 1.82) is 0 Å². The molecule has 2 aliphatic rings. The van der Waals surface area contributed by atoms with Crippen LogP contribution in [0.5, 0.6) is 11.5 Å². The lowest BCUT2D eigenvalue weighted by Gasteiger charge is -2.27. The monoisotopic (exact) mass is 615 g/mol. The quantitative estimate of drug-likeness (QED) is 0.103. The van der Waals surface area contributed by atoms with Gasteiger partial charge in [0, 0.05) is 30.2 Å². The number of likely N-dealkylation sites (tertiary alicyclic amines) is 1. The molecule has 0 bridgehead atoms. The molecule has 4 aromatic carbocycles. The number of Topliss-reactive ketones (excluding diaryl/α,β-unsaturated/α-hetero) is 1. The van der Waals surface area contributed by atoms with Crippen molar-refractivity contribution in [3.63, 3.8) is 0 Å². The van der Waals surface area contributed by atoms with E-state index in [2.05, 4.69) is 4.90 Å². The van der Waals surface area contributed by atoms with E-state index in [9.17, 15) is 14.4 Å². The van der Waals surface area contributed by atoms with Gasteiger partial charge in [-0.1, -0.05) is 73.2 Å². The molecule has 234 valence electrons. The van der Waals surface area contributed by atoms with Crippen molar-refractivity contribution in [3.8, 4) is 22.6 Å². The van der Waals surface area contributed by atoms with Crippen molar-refractivity contribution >= 4 is 28.5 Å². The second-order valence-corrected chi connectivity index (χ2v) is 11.6. The molecule has 1 unspecified atom stereocenters. The van der Waals surface area contributed by atoms with E-state index in [0.717, 1.165) is 25.0 Å². The Labute approximate surface area is 269 Å². The molecule has 1 heterocycles. The Balaban J connectivity index is 1.29. The van der Waals surface area contributed by atoms with Crippen molar-refractivity contribution in [2.24, 2.45) is 0 Å². The predicted molar refractivity (Wildman–Crippen MR) is 178 cm³/mol. The maximum atomic E-state index is 14.4. The number of para-hydroxylation sites is 1. The molecule has 0 saturated carbocycles. The zero-order valence-corrected chi connectivity index (χ0v) is 25.9. The van der Waals surface area contributed by atoms with Crippen LogP contribution < -0.4 is 9.47 Å². The molecule has 0 amide bonds. The van der Waals surface area contributed by atoms with Gasteiger partial charge in [-0.25, -0.2) is 4.79 Å². The first-order valence-corrected chi connectivity index (χ1v) is 15.8. The van der Waals surface area contributed by atoms with E-state index in [1.165, 1.54) is 26.2 Å². The third kappa shape index (κ3) is 7.33. The molecular formula is C39H37NO6. The summed E-state index contributed by atoms with van der Waals surface area (Å²) < 4.78 is 17.3. The van der Waals surface area contributed by atoms with Gasteiger partial charge in [0.2, 0.25) is 0 Å². The van der Waals surface area contributed by atoms with E-state index in [0.29, 0.717) is 57.7 Å². The zero-order chi connectivity index (χ0) is 31.9. The van der Waals surface area contributed by atoms with Gasteiger partial charge in [-0.05, 0) is 85.1 Å². The van der Waals surface area contributed by atoms with Gasteiger partial charge in [0.1, 0.15) is 11.5 Å². The summed E-state index contributed by atoms with van der Waals surface area (Å²) in [7, 11) is 0. The topological polar surface area (TPSA) is 82.1 Å². The van der Waals surface area contributed by atoms with Crippen molar-refractivity contribution in [2.45, 2.75) is 38.7 Å². The van der Waals surface area contributed by atoms with Crippen LogP contribution in [0, 0.1) is 0 Å². The summed E-state index contributed by atoms with van der Waals surface area (Å²) in [5.41, 5.74) is 2.74. The molecule has 1 aliphatic heterocycles. The van der Waals surface area contributed by atoms with Gasteiger partial charge in [0.05, 0.1) is 18.3 Å². The summed E-state index contributed by atoms with van der Waals surface area (Å²) in [6.07, 6.45) is 10.1. The Bertz CT molecular complexity index is 1800. The highest BCUT2D eigenvalue weighted by molar-refractivity contribution is 6.21. The smallest absolute Gasteiger partial charge is 0.343 e. The summed E-state index contributed by atoms with van der Waals surface area (Å²) in [6, 6.07) is 25.0. The first-order valence-electron chi connectivity index (χ1n) is 15.8. The fraction of sp³-hybridized carbons (Fsp3) is 0.256. The van der Waals surface area contributed by atoms with Crippen LogP contribution in [0.3, 0.4) is 0 Å². The molecule has 4 aromatic rings. The number of nitrogens with zero attached hydrogens (tertiary/aromatic N) is 1. The van der Waals surface area contributed by atoms with Crippen LogP contribution in [-0.4, -0.2) is 55.0 Å². The lowest BCUT2D eigenvalue weighted by molar-refractivity contribution is -0.131. The minimum atomic E-state index is -0.464.